The maximum Gasteiger partial charge on any atom is 0.258 e. The summed E-state index contributed by atoms with van der Waals surface area (Å²) >= 11 is 0. The molecule has 5 heteroatoms. The molecule has 5 nitrogen and oxygen atoms in total. The first-order valence-corrected chi connectivity index (χ1v) is 5.99. The Balaban J connectivity index is 1.89. The fourth-order valence-electron chi connectivity index (χ4n) is 2.05. The van der Waals surface area contributed by atoms with E-state index in [-0.39, 0.29) is 11.9 Å². The van der Waals surface area contributed by atoms with Crippen LogP contribution in [0.3, 0.4) is 0 Å². The van der Waals surface area contributed by atoms with E-state index in [9.17, 15) is 5.11 Å². The Bertz CT molecular complexity index is 559. The summed E-state index contributed by atoms with van der Waals surface area (Å²) in [6.45, 7) is 2.59. The van der Waals surface area contributed by atoms with Gasteiger partial charge >= 0.3 is 0 Å². The van der Waals surface area contributed by atoms with Crippen LogP contribution >= 0.6 is 0 Å². The molecule has 18 heavy (non-hydrogen) atoms. The van der Waals surface area contributed by atoms with Crippen molar-refractivity contribution in [2.24, 2.45) is 0 Å². The van der Waals surface area contributed by atoms with Crippen LogP contribution in [-0.2, 0) is 4.74 Å². The van der Waals surface area contributed by atoms with E-state index < -0.39 is 0 Å². The summed E-state index contributed by atoms with van der Waals surface area (Å²) in [6.07, 6.45) is 1.93. The molecule has 2 aromatic rings. The lowest BCUT2D eigenvalue weighted by Gasteiger charge is -2.01. The maximum atomic E-state index is 9.48. The van der Waals surface area contributed by atoms with Crippen LogP contribution in [0.2, 0.25) is 0 Å². The van der Waals surface area contributed by atoms with Gasteiger partial charge in [-0.2, -0.15) is 4.98 Å². The van der Waals surface area contributed by atoms with Crippen molar-refractivity contribution in [3.8, 4) is 17.2 Å². The molecule has 2 heterocycles. The number of nitrogens with zero attached hydrogens (tertiary/aromatic N) is 2. The van der Waals surface area contributed by atoms with E-state index in [1.807, 2.05) is 13.0 Å². The summed E-state index contributed by atoms with van der Waals surface area (Å²) in [6, 6.07) is 5.21. The van der Waals surface area contributed by atoms with Gasteiger partial charge in [0.2, 0.25) is 5.82 Å². The number of phenolic OH excluding ortho intramolecular Hbond substituents is 1. The van der Waals surface area contributed by atoms with Crippen molar-refractivity contribution < 1.29 is 14.4 Å². The summed E-state index contributed by atoms with van der Waals surface area (Å²) in [5, 5.41) is 13.4. The first-order chi connectivity index (χ1) is 8.74. The summed E-state index contributed by atoms with van der Waals surface area (Å²) in [5.41, 5.74) is 1.59. The molecule has 0 saturated carbocycles. The molecule has 1 aromatic carbocycles. The number of benzene rings is 1. The molecular weight excluding hydrogens is 232 g/mol. The zero-order chi connectivity index (χ0) is 12.5. The van der Waals surface area contributed by atoms with Gasteiger partial charge in [-0.15, -0.1) is 0 Å². The maximum absolute atomic E-state index is 9.48. The molecule has 94 valence electrons. The monoisotopic (exact) mass is 246 g/mol. The van der Waals surface area contributed by atoms with Gasteiger partial charge < -0.3 is 14.4 Å². The van der Waals surface area contributed by atoms with Crippen LogP contribution in [-0.4, -0.2) is 21.9 Å². The van der Waals surface area contributed by atoms with Gasteiger partial charge in [-0.05, 0) is 43.5 Å². The van der Waals surface area contributed by atoms with Gasteiger partial charge in [0.1, 0.15) is 11.9 Å². The Hall–Kier alpha value is -1.88. The van der Waals surface area contributed by atoms with Crippen LogP contribution in [0, 0.1) is 6.92 Å². The molecule has 1 N–H and O–H groups in total. The van der Waals surface area contributed by atoms with Gasteiger partial charge in [0.05, 0.1) is 0 Å². The van der Waals surface area contributed by atoms with Gasteiger partial charge in [0.25, 0.3) is 5.89 Å². The van der Waals surface area contributed by atoms with Crippen LogP contribution in [0.1, 0.15) is 30.3 Å². The minimum atomic E-state index is -0.0410. The van der Waals surface area contributed by atoms with Crippen LogP contribution in [0.4, 0.5) is 0 Å². The van der Waals surface area contributed by atoms with Crippen LogP contribution in [0.5, 0.6) is 5.75 Å². The number of ether oxygens (including phenoxy) is 1. The standard InChI is InChI=1S/C13H14N2O3/c1-8-7-9(4-5-10(8)16)13-14-12(15-18-13)11-3-2-6-17-11/h4-5,7,11,16H,2-3,6H2,1H3. The van der Waals surface area contributed by atoms with Crippen LogP contribution in [0.15, 0.2) is 22.7 Å². The van der Waals surface area contributed by atoms with Gasteiger partial charge in [0, 0.05) is 12.2 Å². The Morgan fingerprint density at radius 3 is 3.00 bits per heavy atom. The molecule has 1 aliphatic heterocycles. The lowest BCUT2D eigenvalue weighted by atomic mass is 10.1. The zero-order valence-corrected chi connectivity index (χ0v) is 10.1. The highest BCUT2D eigenvalue weighted by atomic mass is 16.5. The minimum absolute atomic E-state index is 0.0410. The highest BCUT2D eigenvalue weighted by Gasteiger charge is 2.23. The summed E-state index contributed by atoms with van der Waals surface area (Å²) in [7, 11) is 0. The van der Waals surface area contributed by atoms with Gasteiger partial charge in [0.15, 0.2) is 0 Å². The third-order valence-corrected chi connectivity index (χ3v) is 3.10. The van der Waals surface area contributed by atoms with E-state index in [4.69, 9.17) is 9.26 Å². The number of phenols is 1. The molecule has 1 saturated heterocycles. The Morgan fingerprint density at radius 2 is 2.28 bits per heavy atom. The zero-order valence-electron chi connectivity index (χ0n) is 10.1. The van der Waals surface area contributed by atoms with Crippen molar-refractivity contribution in [3.05, 3.63) is 29.6 Å². The van der Waals surface area contributed by atoms with Crippen molar-refractivity contribution in [1.82, 2.24) is 10.1 Å². The van der Waals surface area contributed by atoms with E-state index in [1.54, 1.807) is 12.1 Å². The predicted molar refractivity (Wildman–Crippen MR) is 64.1 cm³/mol. The smallest absolute Gasteiger partial charge is 0.258 e. The van der Waals surface area contributed by atoms with Crippen LogP contribution in [0.25, 0.3) is 11.5 Å². The highest BCUT2D eigenvalue weighted by molar-refractivity contribution is 5.56. The quantitative estimate of drug-likeness (QED) is 0.882. The third-order valence-electron chi connectivity index (χ3n) is 3.10. The van der Waals surface area contributed by atoms with E-state index in [0.717, 1.165) is 30.6 Å². The SMILES string of the molecule is Cc1cc(-c2nc(C3CCCO3)no2)ccc1O. The number of aromatic nitrogens is 2. The Morgan fingerprint density at radius 1 is 1.39 bits per heavy atom. The number of rotatable bonds is 2. The largest absolute Gasteiger partial charge is 0.508 e. The Labute approximate surface area is 104 Å². The second kappa shape index (κ2) is 4.42. The number of aryl methyl sites for hydroxylation is 1. The molecule has 1 aromatic heterocycles. The topological polar surface area (TPSA) is 68.4 Å². The average Bonchev–Trinajstić information content (AvgIpc) is 3.01. The molecule has 0 bridgehead atoms. The first kappa shape index (κ1) is 11.2. The van der Waals surface area contributed by atoms with Crippen molar-refractivity contribution in [2.75, 3.05) is 6.61 Å². The summed E-state index contributed by atoms with van der Waals surface area (Å²) < 4.78 is 10.7. The second-order valence-corrected chi connectivity index (χ2v) is 4.46. The first-order valence-electron chi connectivity index (χ1n) is 5.99. The lowest BCUT2D eigenvalue weighted by molar-refractivity contribution is 0.103. The molecular formula is C13H14N2O3. The molecule has 1 fully saturated rings. The van der Waals surface area contributed by atoms with E-state index in [1.165, 1.54) is 0 Å². The molecule has 1 atom stereocenters. The van der Waals surface area contributed by atoms with Gasteiger partial charge in [-0.25, -0.2) is 0 Å². The molecule has 0 radical (unpaired) electrons. The molecule has 0 amide bonds. The van der Waals surface area contributed by atoms with Gasteiger partial charge in [-0.3, -0.25) is 0 Å². The van der Waals surface area contributed by atoms with Crippen molar-refractivity contribution in [3.63, 3.8) is 0 Å². The number of hydrogen-bond acceptors (Lipinski definition) is 5. The summed E-state index contributed by atoms with van der Waals surface area (Å²) in [4.78, 5) is 4.35. The van der Waals surface area contributed by atoms with E-state index in [0.29, 0.717) is 11.7 Å². The molecule has 1 unspecified atom stereocenters. The number of hydrogen-bond donors (Lipinski definition) is 1. The normalized spacial score (nSPS) is 19.3. The lowest BCUT2D eigenvalue weighted by Crippen LogP contribution is -1.97. The van der Waals surface area contributed by atoms with E-state index in [2.05, 4.69) is 10.1 Å². The van der Waals surface area contributed by atoms with Crippen LogP contribution < -0.4 is 0 Å². The average molecular weight is 246 g/mol. The van der Waals surface area contributed by atoms with Crippen molar-refractivity contribution >= 4 is 0 Å². The molecule has 0 aliphatic carbocycles. The molecule has 3 rings (SSSR count). The highest BCUT2D eigenvalue weighted by Crippen LogP contribution is 2.29. The summed E-state index contributed by atoms with van der Waals surface area (Å²) in [5.74, 6) is 1.33. The fourth-order valence-corrected chi connectivity index (χ4v) is 2.05. The molecule has 0 spiro atoms. The Kier molecular flexibility index (Phi) is 2.76. The van der Waals surface area contributed by atoms with E-state index >= 15 is 0 Å². The second-order valence-electron chi connectivity index (χ2n) is 4.46. The fraction of sp³-hybridized carbons (Fsp3) is 0.385. The minimum Gasteiger partial charge on any atom is -0.508 e. The molecule has 1 aliphatic rings. The third kappa shape index (κ3) is 1.97. The van der Waals surface area contributed by atoms with Crippen molar-refractivity contribution in [1.29, 1.82) is 0 Å². The predicted octanol–water partition coefficient (Wildman–Crippen LogP) is 2.60. The van der Waals surface area contributed by atoms with Gasteiger partial charge in [-0.1, -0.05) is 5.16 Å². The number of aromatic hydroxyl groups is 1. The van der Waals surface area contributed by atoms with Crippen molar-refractivity contribution in [2.45, 2.75) is 25.9 Å².